The average Bonchev–Trinajstić information content (AvgIpc) is 2.54. The molecule has 0 radical (unpaired) electrons. The van der Waals surface area contributed by atoms with Crippen molar-refractivity contribution in [2.24, 2.45) is 0 Å². The lowest BCUT2D eigenvalue weighted by Gasteiger charge is -2.18. The highest BCUT2D eigenvalue weighted by molar-refractivity contribution is 7.47. The molecule has 0 aliphatic heterocycles. The first-order chi connectivity index (χ1) is 11.4. The Bertz CT molecular complexity index is 366. The molecular formula is C16H34NO6P. The fraction of sp³-hybridized carbons (Fsp3) is 0.938. The molecule has 0 amide bonds. The number of nitrogens with one attached hydrogen (secondary N) is 1. The first-order valence-electron chi connectivity index (χ1n) is 8.91. The zero-order valence-corrected chi connectivity index (χ0v) is 16.2. The van der Waals surface area contributed by atoms with Crippen LogP contribution in [0.5, 0.6) is 0 Å². The standard InChI is InChI=1S/C16H34NO6P/c1-4-6-7-8-9-10-11-16(18)23-15(5-2)14-22-24(19,20)21-13-12-17-3/h15,17H,4-14H2,1-3H3,(H,19,20)/t15-/m1/s1. The van der Waals surface area contributed by atoms with Gasteiger partial charge in [-0.1, -0.05) is 46.0 Å². The van der Waals surface area contributed by atoms with Crippen LogP contribution in [0.2, 0.25) is 0 Å². The Labute approximate surface area is 146 Å². The second kappa shape index (κ2) is 14.8. The number of phosphoric acid groups is 1. The highest BCUT2D eigenvalue weighted by atomic mass is 31.2. The van der Waals surface area contributed by atoms with E-state index in [2.05, 4.69) is 12.2 Å². The number of hydrogen-bond acceptors (Lipinski definition) is 6. The van der Waals surface area contributed by atoms with Crippen LogP contribution in [0.25, 0.3) is 0 Å². The maximum atomic E-state index is 11.8. The molecule has 0 fully saturated rings. The van der Waals surface area contributed by atoms with E-state index in [-0.39, 0.29) is 19.2 Å². The van der Waals surface area contributed by atoms with Crippen molar-refractivity contribution in [2.45, 2.75) is 71.3 Å². The molecule has 0 spiro atoms. The van der Waals surface area contributed by atoms with Crippen molar-refractivity contribution in [3.63, 3.8) is 0 Å². The zero-order chi connectivity index (χ0) is 18.3. The van der Waals surface area contributed by atoms with Gasteiger partial charge in [0, 0.05) is 13.0 Å². The van der Waals surface area contributed by atoms with Crippen LogP contribution in [0.3, 0.4) is 0 Å². The lowest BCUT2D eigenvalue weighted by atomic mass is 10.1. The minimum Gasteiger partial charge on any atom is -0.460 e. The van der Waals surface area contributed by atoms with E-state index in [4.69, 9.17) is 13.8 Å². The van der Waals surface area contributed by atoms with Crippen LogP contribution >= 0.6 is 7.82 Å². The molecule has 0 aromatic carbocycles. The van der Waals surface area contributed by atoms with Gasteiger partial charge in [-0.05, 0) is 19.9 Å². The summed E-state index contributed by atoms with van der Waals surface area (Å²) in [6.07, 6.45) is 6.96. The molecule has 0 bridgehead atoms. The van der Waals surface area contributed by atoms with E-state index in [1.807, 2.05) is 6.92 Å². The van der Waals surface area contributed by atoms with Crippen LogP contribution < -0.4 is 5.32 Å². The first kappa shape index (κ1) is 23.5. The smallest absolute Gasteiger partial charge is 0.460 e. The van der Waals surface area contributed by atoms with Crippen LogP contribution in [0, 0.1) is 0 Å². The highest BCUT2D eigenvalue weighted by Crippen LogP contribution is 2.43. The normalized spacial score (nSPS) is 15.0. The molecule has 0 aliphatic carbocycles. The average molecular weight is 367 g/mol. The summed E-state index contributed by atoms with van der Waals surface area (Å²) in [7, 11) is -2.39. The van der Waals surface area contributed by atoms with Crippen molar-refractivity contribution in [1.82, 2.24) is 5.32 Å². The summed E-state index contributed by atoms with van der Waals surface area (Å²) in [6.45, 7) is 4.36. The Morgan fingerprint density at radius 3 is 2.42 bits per heavy atom. The van der Waals surface area contributed by atoms with Crippen molar-refractivity contribution in [3.8, 4) is 0 Å². The van der Waals surface area contributed by atoms with Gasteiger partial charge in [-0.25, -0.2) is 4.57 Å². The molecule has 0 aromatic rings. The van der Waals surface area contributed by atoms with Gasteiger partial charge in [0.15, 0.2) is 0 Å². The van der Waals surface area contributed by atoms with Gasteiger partial charge < -0.3 is 14.9 Å². The molecule has 144 valence electrons. The Hall–Kier alpha value is -0.460. The van der Waals surface area contributed by atoms with Crippen molar-refractivity contribution >= 4 is 13.8 Å². The lowest BCUT2D eigenvalue weighted by Crippen LogP contribution is -2.23. The molecule has 24 heavy (non-hydrogen) atoms. The minimum atomic E-state index is -4.10. The quantitative estimate of drug-likeness (QED) is 0.245. The minimum absolute atomic E-state index is 0.0683. The molecule has 7 nitrogen and oxygen atoms in total. The summed E-state index contributed by atoms with van der Waals surface area (Å²) >= 11 is 0. The third kappa shape index (κ3) is 13.9. The maximum absolute atomic E-state index is 11.8. The summed E-state index contributed by atoms with van der Waals surface area (Å²) in [4.78, 5) is 21.3. The summed E-state index contributed by atoms with van der Waals surface area (Å²) in [5.41, 5.74) is 0. The summed E-state index contributed by atoms with van der Waals surface area (Å²) in [6, 6.07) is 0. The molecule has 2 N–H and O–H groups in total. The predicted molar refractivity (Wildman–Crippen MR) is 93.8 cm³/mol. The summed E-state index contributed by atoms with van der Waals surface area (Å²) in [5, 5.41) is 2.80. The predicted octanol–water partition coefficient (Wildman–Crippen LogP) is 3.41. The summed E-state index contributed by atoms with van der Waals surface area (Å²) in [5.74, 6) is -0.287. The van der Waals surface area contributed by atoms with Gasteiger partial charge >= 0.3 is 13.8 Å². The lowest BCUT2D eigenvalue weighted by molar-refractivity contribution is -0.151. The Morgan fingerprint density at radius 2 is 1.79 bits per heavy atom. The number of rotatable bonds is 16. The van der Waals surface area contributed by atoms with E-state index in [1.54, 1.807) is 7.05 Å². The SMILES string of the molecule is CCCCCCCCC(=O)O[C@H](CC)COP(=O)(O)OCCNC. The van der Waals surface area contributed by atoms with Gasteiger partial charge in [0.05, 0.1) is 13.2 Å². The highest BCUT2D eigenvalue weighted by Gasteiger charge is 2.24. The van der Waals surface area contributed by atoms with E-state index < -0.39 is 13.9 Å². The molecule has 0 aliphatic rings. The van der Waals surface area contributed by atoms with Crippen LogP contribution in [0.4, 0.5) is 0 Å². The van der Waals surface area contributed by atoms with Crippen molar-refractivity contribution in [3.05, 3.63) is 0 Å². The molecule has 8 heteroatoms. The number of phosphoric ester groups is 1. The number of ether oxygens (including phenoxy) is 1. The van der Waals surface area contributed by atoms with Gasteiger partial charge in [0.1, 0.15) is 6.10 Å². The van der Waals surface area contributed by atoms with Crippen LogP contribution in [-0.2, 0) is 23.1 Å². The second-order valence-corrected chi connectivity index (χ2v) is 7.19. The Morgan fingerprint density at radius 1 is 1.12 bits per heavy atom. The number of unbranched alkanes of at least 4 members (excludes halogenated alkanes) is 5. The van der Waals surface area contributed by atoms with Gasteiger partial charge in [0.25, 0.3) is 0 Å². The number of carbonyl (C=O) groups is 1. The topological polar surface area (TPSA) is 94.1 Å². The molecule has 0 aromatic heterocycles. The third-order valence-electron chi connectivity index (χ3n) is 3.52. The largest absolute Gasteiger partial charge is 0.472 e. The molecule has 0 saturated heterocycles. The van der Waals surface area contributed by atoms with Crippen LogP contribution in [0.15, 0.2) is 0 Å². The van der Waals surface area contributed by atoms with Crippen molar-refractivity contribution < 1.29 is 28.0 Å². The number of carbonyl (C=O) groups excluding carboxylic acids is 1. The van der Waals surface area contributed by atoms with Crippen molar-refractivity contribution in [2.75, 3.05) is 26.8 Å². The Balaban J connectivity index is 3.91. The number of hydrogen-bond donors (Lipinski definition) is 2. The third-order valence-corrected chi connectivity index (χ3v) is 4.50. The van der Waals surface area contributed by atoms with Crippen LogP contribution in [-0.4, -0.2) is 43.8 Å². The van der Waals surface area contributed by atoms with Crippen LogP contribution in [0.1, 0.15) is 65.2 Å². The van der Waals surface area contributed by atoms with E-state index in [1.165, 1.54) is 19.3 Å². The van der Waals surface area contributed by atoms with Gasteiger partial charge in [0.2, 0.25) is 0 Å². The van der Waals surface area contributed by atoms with E-state index in [0.717, 1.165) is 19.3 Å². The maximum Gasteiger partial charge on any atom is 0.472 e. The zero-order valence-electron chi connectivity index (χ0n) is 15.3. The van der Waals surface area contributed by atoms with Gasteiger partial charge in [-0.3, -0.25) is 13.8 Å². The summed E-state index contributed by atoms with van der Waals surface area (Å²) < 4.78 is 26.6. The first-order valence-corrected chi connectivity index (χ1v) is 10.4. The fourth-order valence-electron chi connectivity index (χ4n) is 2.01. The van der Waals surface area contributed by atoms with Crippen molar-refractivity contribution in [1.29, 1.82) is 0 Å². The molecule has 0 rings (SSSR count). The van der Waals surface area contributed by atoms with E-state index >= 15 is 0 Å². The molecule has 0 heterocycles. The molecule has 2 atom stereocenters. The number of esters is 1. The Kier molecular flexibility index (Phi) is 14.6. The van der Waals surface area contributed by atoms with E-state index in [9.17, 15) is 14.3 Å². The fourth-order valence-corrected chi connectivity index (χ4v) is 2.76. The molecule has 1 unspecified atom stereocenters. The monoisotopic (exact) mass is 367 g/mol. The van der Waals surface area contributed by atoms with Gasteiger partial charge in [-0.2, -0.15) is 0 Å². The molecular weight excluding hydrogens is 333 g/mol. The number of likely N-dealkylation sites (N-methyl/N-ethyl adjacent to an activating group) is 1. The van der Waals surface area contributed by atoms with E-state index in [0.29, 0.717) is 19.4 Å². The van der Waals surface area contributed by atoms with Gasteiger partial charge in [-0.15, -0.1) is 0 Å². The molecule has 0 saturated carbocycles. The second-order valence-electron chi connectivity index (χ2n) is 5.74.